The molecule has 0 N–H and O–H groups in total. The van der Waals surface area contributed by atoms with Gasteiger partial charge in [-0.25, -0.2) is 16.8 Å². The van der Waals surface area contributed by atoms with Crippen LogP contribution in [0.25, 0.3) is 0 Å². The van der Waals surface area contributed by atoms with Crippen LogP contribution in [0.2, 0.25) is 0 Å². The van der Waals surface area contributed by atoms with Gasteiger partial charge < -0.3 is 37.5 Å². The van der Waals surface area contributed by atoms with E-state index in [0.717, 1.165) is 65.7 Å². The molecule has 0 bridgehead atoms. The molecule has 4 rings (SSSR count). The Balaban J connectivity index is 0. The van der Waals surface area contributed by atoms with Crippen LogP contribution in [0.15, 0.2) is 49.1 Å². The molecule has 332 valence electrons. The summed E-state index contributed by atoms with van der Waals surface area (Å²) in [5.41, 5.74) is -8.85. The van der Waals surface area contributed by atoms with E-state index in [1.807, 2.05) is 24.5 Å². The maximum atomic E-state index is 10.7. The van der Waals surface area contributed by atoms with Crippen molar-refractivity contribution in [2.24, 2.45) is 0 Å². The Morgan fingerprint density at radius 1 is 0.518 bits per heavy atom. The second kappa shape index (κ2) is 31.7. The van der Waals surface area contributed by atoms with E-state index in [2.05, 4.69) is 31.9 Å². The standard InChI is InChI=1S/2C14H22N2O3.2CHF3O3S.2Ag/c2*1-2-14(12-15-3-1)13-16-4-6-17-8-10-19-11-9-18-7-5-16;2*2-1(3,4)8(5,6)7;;/h2*1-3,12H,4-11,13H2;2*(H,5,6,7);;/q;;;;2*+1/p-2. The molecule has 2 aliphatic rings. The third-order valence-corrected chi connectivity index (χ3v) is 7.65. The molecule has 0 spiro atoms. The SMILES string of the molecule is O=S(=O)([O-])C(F)(F)F.O=S(=O)([O-])C(F)(F)F.[Ag+].[Ag+].c1cncc(CN2CCOCCOCCOCC2)c1.c1cncc(CN2CCOCCOCCOCC2)c1. The van der Waals surface area contributed by atoms with E-state index in [1.165, 1.54) is 11.1 Å². The van der Waals surface area contributed by atoms with Crippen LogP contribution in [0.5, 0.6) is 0 Å². The van der Waals surface area contributed by atoms with Crippen molar-refractivity contribution in [3.63, 3.8) is 0 Å². The van der Waals surface area contributed by atoms with Crippen LogP contribution in [0.3, 0.4) is 0 Å². The number of halogens is 6. The molecule has 0 saturated carbocycles. The first kappa shape index (κ1) is 57.0. The molecule has 0 aliphatic carbocycles. The van der Waals surface area contributed by atoms with Gasteiger partial charge in [0.25, 0.3) is 0 Å². The van der Waals surface area contributed by atoms with Crippen molar-refractivity contribution in [1.82, 2.24) is 19.8 Å². The molecule has 0 aromatic carbocycles. The van der Waals surface area contributed by atoms with Crippen LogP contribution in [-0.2, 0) is 107 Å². The van der Waals surface area contributed by atoms with Gasteiger partial charge in [0.05, 0.1) is 79.3 Å². The monoisotopic (exact) mass is 1040 g/mol. The van der Waals surface area contributed by atoms with Gasteiger partial charge in [-0.1, -0.05) is 12.1 Å². The minimum absolute atomic E-state index is 0. The number of pyridine rings is 2. The molecule has 0 amide bonds. The summed E-state index contributed by atoms with van der Waals surface area (Å²) in [6.45, 7) is 13.5. The summed E-state index contributed by atoms with van der Waals surface area (Å²) in [7, 11) is -12.2. The smallest absolute Gasteiger partial charge is 0.741 e. The van der Waals surface area contributed by atoms with Gasteiger partial charge in [-0.05, 0) is 23.3 Å². The Hall–Kier alpha value is -1.14. The van der Waals surface area contributed by atoms with Gasteiger partial charge in [0.1, 0.15) is 0 Å². The molecular formula is C30H44Ag2F6N4O12S2. The normalized spacial score (nSPS) is 17.9. The third kappa shape index (κ3) is 30.0. The average molecular weight is 1050 g/mol. The fourth-order valence-corrected chi connectivity index (χ4v) is 3.90. The third-order valence-electron chi connectivity index (χ3n) is 6.52. The Morgan fingerprint density at radius 3 is 0.946 bits per heavy atom. The Bertz CT molecular complexity index is 1330. The maximum Gasteiger partial charge on any atom is 1.00 e. The van der Waals surface area contributed by atoms with Crippen molar-refractivity contribution < 1.29 is 125 Å². The number of ether oxygens (including phenoxy) is 6. The summed E-state index contributed by atoms with van der Waals surface area (Å²) in [5.74, 6) is 0. The average Bonchev–Trinajstić information content (AvgIpc) is 3.07. The first-order valence-corrected chi connectivity index (χ1v) is 18.9. The molecule has 2 aliphatic heterocycles. The first-order chi connectivity index (χ1) is 25.4. The molecular weight excluding hydrogens is 1000 g/mol. The molecule has 26 heteroatoms. The Kier molecular flexibility index (Phi) is 32.3. The summed E-state index contributed by atoms with van der Waals surface area (Å²) in [4.78, 5) is 13.0. The predicted molar refractivity (Wildman–Crippen MR) is 175 cm³/mol. The number of hydrogen-bond acceptors (Lipinski definition) is 16. The first-order valence-electron chi connectivity index (χ1n) is 16.1. The topological polar surface area (TPSA) is 202 Å². The Morgan fingerprint density at radius 2 is 0.750 bits per heavy atom. The van der Waals surface area contributed by atoms with Crippen molar-refractivity contribution in [3.8, 4) is 0 Å². The second-order valence-electron chi connectivity index (χ2n) is 10.7. The minimum atomic E-state index is -6.09. The molecule has 0 unspecified atom stereocenters. The van der Waals surface area contributed by atoms with E-state index in [1.54, 1.807) is 12.4 Å². The van der Waals surface area contributed by atoms with Gasteiger partial charge in [0.2, 0.25) is 0 Å². The maximum absolute atomic E-state index is 10.7. The molecule has 2 aromatic rings. The zero-order chi connectivity index (χ0) is 40.4. The molecule has 0 radical (unpaired) electrons. The predicted octanol–water partition coefficient (Wildman–Crippen LogP) is 1.99. The zero-order valence-electron chi connectivity index (χ0n) is 29.7. The zero-order valence-corrected chi connectivity index (χ0v) is 34.3. The van der Waals surface area contributed by atoms with E-state index in [4.69, 9.17) is 54.4 Å². The van der Waals surface area contributed by atoms with Gasteiger partial charge in [0, 0.05) is 64.1 Å². The molecule has 4 heterocycles. The fourth-order valence-electron chi connectivity index (χ4n) is 3.90. The summed E-state index contributed by atoms with van der Waals surface area (Å²) < 4.78 is 151. The number of hydrogen-bond donors (Lipinski definition) is 0. The second-order valence-corrected chi connectivity index (χ2v) is 13.5. The number of nitrogens with zero attached hydrogens (tertiary/aromatic N) is 4. The summed E-state index contributed by atoms with van der Waals surface area (Å²) in [6.07, 6.45) is 7.41. The van der Waals surface area contributed by atoms with Gasteiger partial charge in [-0.15, -0.1) is 0 Å². The number of rotatable bonds is 4. The van der Waals surface area contributed by atoms with Crippen molar-refractivity contribution in [3.05, 3.63) is 60.2 Å². The minimum Gasteiger partial charge on any atom is -0.741 e. The fraction of sp³-hybridized carbons (Fsp3) is 0.667. The van der Waals surface area contributed by atoms with Gasteiger partial charge in [-0.3, -0.25) is 19.8 Å². The largest absolute Gasteiger partial charge is 1.00 e. The van der Waals surface area contributed by atoms with Crippen LogP contribution < -0.4 is 0 Å². The molecule has 0 atom stereocenters. The number of alkyl halides is 6. The Labute approximate surface area is 353 Å². The van der Waals surface area contributed by atoms with Crippen LogP contribution in [0.1, 0.15) is 11.1 Å². The van der Waals surface area contributed by atoms with Gasteiger partial charge in [-0.2, -0.15) is 26.3 Å². The van der Waals surface area contributed by atoms with Crippen LogP contribution in [0, 0.1) is 0 Å². The van der Waals surface area contributed by atoms with Crippen molar-refractivity contribution in [1.29, 1.82) is 0 Å². The molecule has 16 nitrogen and oxygen atoms in total. The number of aromatic nitrogens is 2. The molecule has 2 saturated heterocycles. The summed E-state index contributed by atoms with van der Waals surface area (Å²) >= 11 is 0. The molecule has 56 heavy (non-hydrogen) atoms. The van der Waals surface area contributed by atoms with E-state index in [-0.39, 0.29) is 44.8 Å². The van der Waals surface area contributed by atoms with E-state index in [9.17, 15) is 26.3 Å². The van der Waals surface area contributed by atoms with Crippen molar-refractivity contribution >= 4 is 20.2 Å². The van der Waals surface area contributed by atoms with Gasteiger partial charge in [0.15, 0.2) is 20.2 Å². The summed E-state index contributed by atoms with van der Waals surface area (Å²) in [6, 6.07) is 8.13. The van der Waals surface area contributed by atoms with Gasteiger partial charge >= 0.3 is 55.8 Å². The van der Waals surface area contributed by atoms with Crippen LogP contribution in [-0.4, -0.2) is 162 Å². The summed E-state index contributed by atoms with van der Waals surface area (Å²) in [5, 5.41) is 0. The molecule has 2 fully saturated rings. The van der Waals surface area contributed by atoms with Crippen molar-refractivity contribution in [2.75, 3.05) is 105 Å². The van der Waals surface area contributed by atoms with Crippen LogP contribution in [0.4, 0.5) is 26.3 Å². The van der Waals surface area contributed by atoms with Crippen LogP contribution >= 0.6 is 0 Å². The van der Waals surface area contributed by atoms with Crippen molar-refractivity contribution in [2.45, 2.75) is 24.1 Å². The van der Waals surface area contributed by atoms with E-state index in [0.29, 0.717) is 52.9 Å². The van der Waals surface area contributed by atoms with E-state index < -0.39 is 31.3 Å². The van der Waals surface area contributed by atoms with E-state index >= 15 is 0 Å². The quantitative estimate of drug-likeness (QED) is 0.186. The molecule has 2 aromatic heterocycles.